The molecule has 0 aliphatic carbocycles. The molecule has 0 unspecified atom stereocenters. The van der Waals surface area contributed by atoms with Gasteiger partial charge in [-0.05, 0) is 72.8 Å². The number of rotatable bonds is 10. The number of benzene rings is 6. The van der Waals surface area contributed by atoms with Gasteiger partial charge in [-0.1, -0.05) is 109 Å². The van der Waals surface area contributed by atoms with Crippen LogP contribution >= 0.6 is 47.5 Å². The molecule has 0 nitrogen and oxygen atoms in total. The summed E-state index contributed by atoms with van der Waals surface area (Å²) in [6.07, 6.45) is 0. The van der Waals surface area contributed by atoms with Crippen LogP contribution < -0.4 is 31.8 Å². The number of hydrogen-bond donors (Lipinski definition) is 0. The van der Waals surface area contributed by atoms with Gasteiger partial charge in [0.25, 0.3) is 0 Å². The second kappa shape index (κ2) is 34.0. The van der Waals surface area contributed by atoms with E-state index in [9.17, 15) is 0 Å². The molecule has 0 fully saturated rings. The van der Waals surface area contributed by atoms with Crippen molar-refractivity contribution in [3.63, 3.8) is 0 Å². The second-order valence-electron chi connectivity index (χ2n) is 14.1. The fourth-order valence-corrected chi connectivity index (χ4v) is 22.5. The van der Waals surface area contributed by atoms with Crippen LogP contribution in [-0.2, 0) is 42.1 Å². The average Bonchev–Trinajstić information content (AvgIpc) is 3.14. The summed E-state index contributed by atoms with van der Waals surface area (Å²) in [6, 6.07) is 65.0. The van der Waals surface area contributed by atoms with Crippen LogP contribution in [0.2, 0.25) is 0 Å². The Morgan fingerprint density at radius 3 is 0.464 bits per heavy atom. The zero-order valence-electron chi connectivity index (χ0n) is 35.4. The Morgan fingerprint density at radius 2 is 0.375 bits per heavy atom. The number of hydrogen-bond acceptors (Lipinski definition) is 0. The van der Waals surface area contributed by atoms with Crippen LogP contribution in [0.4, 0.5) is 0 Å². The molecule has 0 radical (unpaired) electrons. The fourth-order valence-electron chi connectivity index (χ4n) is 6.04. The summed E-state index contributed by atoms with van der Waals surface area (Å²) in [5, 5.41) is 8.61. The van der Waals surface area contributed by atoms with Crippen molar-refractivity contribution in [1.82, 2.24) is 0 Å². The van der Waals surface area contributed by atoms with E-state index in [1.54, 1.807) is 11.8 Å². The molecule has 6 aromatic carbocycles. The first-order valence-corrected chi connectivity index (χ1v) is 32.2. The normalized spacial score (nSPS) is 9.96. The van der Waals surface area contributed by atoms with Gasteiger partial charge in [0.1, 0.15) is 31.8 Å². The van der Waals surface area contributed by atoms with Crippen molar-refractivity contribution < 1.29 is 42.1 Å². The van der Waals surface area contributed by atoms with Crippen LogP contribution in [0, 0.1) is 14.9 Å². The second-order valence-corrected chi connectivity index (χ2v) is 31.6. The van der Waals surface area contributed by atoms with Gasteiger partial charge in [-0.25, -0.2) is 0 Å². The summed E-state index contributed by atoms with van der Waals surface area (Å²) in [5.74, 6) is 3.13. The van der Waals surface area contributed by atoms with E-state index >= 15 is 0 Å². The smallest absolute Gasteiger partial charge is 0.154 e. The monoisotopic (exact) mass is 1220 g/mol. The van der Waals surface area contributed by atoms with E-state index in [0.29, 0.717) is 0 Å². The zero-order valence-corrected chi connectivity index (χ0v) is 45.9. The van der Waals surface area contributed by atoms with Gasteiger partial charge in [0.05, 0.1) is 15.8 Å². The van der Waals surface area contributed by atoms with Gasteiger partial charge >= 0.3 is 0 Å². The van der Waals surface area contributed by atoms with Gasteiger partial charge in [0.15, 0.2) is 11.8 Å². The summed E-state index contributed by atoms with van der Waals surface area (Å²) < 4.78 is 0. The van der Waals surface area contributed by atoms with Gasteiger partial charge in [-0.3, -0.25) is 0 Å². The first-order valence-electron chi connectivity index (χ1n) is 18.4. The summed E-state index contributed by atoms with van der Waals surface area (Å²) in [4.78, 5) is 0. The molecular weight excluding hydrogens is 1150 g/mol. The Kier molecular flexibility index (Phi) is 34.9. The third-order valence-electron chi connectivity index (χ3n) is 7.79. The van der Waals surface area contributed by atoms with Crippen molar-refractivity contribution in [2.24, 2.45) is 0 Å². The standard InChI is InChI=1S/2C18H15P.2C5H14P2.2CH3.2Pt/c2*1-4-10-16(11-5-1)19(17-12-6-2-7-13-17)18-14-8-3-9-15-18;2*1-6(2)5-7(3)4;;;;/h2*1-15H;2*5H2,1-4H3;2*1H3;;/q;;;;2*-1;;/p+6. The molecule has 56 heavy (non-hydrogen) atoms. The minimum Gasteiger partial charge on any atom is -0.358 e. The maximum atomic E-state index is 2.39. The van der Waals surface area contributed by atoms with Crippen molar-refractivity contribution in [3.8, 4) is 0 Å². The third-order valence-corrected chi connectivity index (χ3v) is 24.6. The van der Waals surface area contributed by atoms with Gasteiger partial charge in [0, 0.05) is 127 Å². The third kappa shape index (κ3) is 23.2. The molecule has 0 aromatic heterocycles. The predicted molar refractivity (Wildman–Crippen MR) is 276 cm³/mol. The fraction of sp³-hybridized carbons (Fsp3) is 0.208. The molecule has 0 saturated carbocycles. The van der Waals surface area contributed by atoms with Crippen molar-refractivity contribution in [3.05, 3.63) is 197 Å². The summed E-state index contributed by atoms with van der Waals surface area (Å²) >= 11 is 0. The molecular formula is C48H70P6Pt2+4. The van der Waals surface area contributed by atoms with Crippen LogP contribution in [0.5, 0.6) is 0 Å². The van der Waals surface area contributed by atoms with Crippen LogP contribution in [0.1, 0.15) is 0 Å². The maximum absolute atomic E-state index is 2.39. The summed E-state index contributed by atoms with van der Waals surface area (Å²) in [7, 11) is -1.31. The Balaban J connectivity index is 0. The van der Waals surface area contributed by atoms with Crippen LogP contribution in [0.25, 0.3) is 0 Å². The summed E-state index contributed by atoms with van der Waals surface area (Å²) in [6.45, 7) is 19.1. The molecule has 0 bridgehead atoms. The Hall–Kier alpha value is -0.723. The van der Waals surface area contributed by atoms with Crippen molar-refractivity contribution in [2.45, 2.75) is 0 Å². The van der Waals surface area contributed by atoms with E-state index in [4.69, 9.17) is 0 Å². The van der Waals surface area contributed by atoms with E-state index in [2.05, 4.69) is 235 Å². The van der Waals surface area contributed by atoms with Crippen LogP contribution in [-0.4, -0.2) is 65.1 Å². The van der Waals surface area contributed by atoms with Crippen molar-refractivity contribution in [1.29, 1.82) is 0 Å². The van der Waals surface area contributed by atoms with Gasteiger partial charge < -0.3 is 14.9 Å². The first kappa shape index (κ1) is 57.4. The molecule has 308 valence electrons. The van der Waals surface area contributed by atoms with E-state index < -0.39 is 15.8 Å². The molecule has 0 aliphatic heterocycles. The Morgan fingerprint density at radius 1 is 0.250 bits per heavy atom. The summed E-state index contributed by atoms with van der Waals surface area (Å²) in [5.41, 5.74) is 0. The van der Waals surface area contributed by atoms with Crippen molar-refractivity contribution in [2.75, 3.05) is 65.1 Å². The molecule has 0 saturated heterocycles. The van der Waals surface area contributed by atoms with E-state index in [1.807, 2.05) is 0 Å². The zero-order chi connectivity index (χ0) is 37.6. The largest absolute Gasteiger partial charge is 0.358 e. The van der Waals surface area contributed by atoms with E-state index in [1.165, 1.54) is 31.8 Å². The van der Waals surface area contributed by atoms with Gasteiger partial charge in [-0.2, -0.15) is 0 Å². The minimum atomic E-state index is -0.877. The maximum Gasteiger partial charge on any atom is 0.154 e. The molecule has 0 atom stereocenters. The van der Waals surface area contributed by atoms with Gasteiger partial charge in [-0.15, -0.1) is 0 Å². The topological polar surface area (TPSA) is 0 Å². The Bertz CT molecular complexity index is 1400. The molecule has 6 rings (SSSR count). The molecule has 6 aromatic rings. The van der Waals surface area contributed by atoms with E-state index in [-0.39, 0.29) is 88.7 Å². The average molecular weight is 1220 g/mol. The molecule has 0 spiro atoms. The molecule has 0 aliphatic rings. The molecule has 0 heterocycles. The minimum absolute atomic E-state index is 0. The molecule has 0 amide bonds. The van der Waals surface area contributed by atoms with Crippen LogP contribution in [0.3, 0.4) is 0 Å². The predicted octanol–water partition coefficient (Wildman–Crippen LogP) is 11.0. The van der Waals surface area contributed by atoms with Crippen LogP contribution in [0.15, 0.2) is 182 Å². The quantitative estimate of drug-likeness (QED) is 0.0947. The SMILES string of the molecule is C[PH+](C)C[PH+](C)C.C[PH+](C)C[PH+](C)C.[CH3-].[CH3-].[Pt].[Pt].c1ccc([PH+](c2ccccc2)c2ccccc2)cc1.c1ccc([PH+](c2ccccc2)c2ccccc2)cc1. The molecule has 8 heteroatoms. The Labute approximate surface area is 380 Å². The first-order chi connectivity index (χ1) is 25.2. The van der Waals surface area contributed by atoms with E-state index in [0.717, 1.165) is 0 Å². The molecule has 0 N–H and O–H groups in total. The van der Waals surface area contributed by atoms with Crippen molar-refractivity contribution >= 4 is 79.4 Å². The van der Waals surface area contributed by atoms with Gasteiger partial charge in [0.2, 0.25) is 0 Å².